The maximum Gasteiger partial charge on any atom is 0.232 e. The molecule has 2 aliphatic carbocycles. The van der Waals surface area contributed by atoms with Crippen molar-refractivity contribution in [1.29, 1.82) is 26.3 Å². The van der Waals surface area contributed by atoms with Gasteiger partial charge in [0.05, 0.1) is 17.5 Å². The zero-order valence-corrected chi connectivity index (χ0v) is 23.5. The second kappa shape index (κ2) is 9.95. The Morgan fingerprint density at radius 2 is 1.11 bits per heavy atom. The summed E-state index contributed by atoms with van der Waals surface area (Å²) in [4.78, 5) is 18.3. The molecule has 5 aromatic rings. The van der Waals surface area contributed by atoms with E-state index < -0.39 is 0 Å². The van der Waals surface area contributed by atoms with Gasteiger partial charge in [0.1, 0.15) is 29.8 Å². The second-order valence-corrected chi connectivity index (χ2v) is 10.9. The predicted octanol–water partition coefficient (Wildman–Crippen LogP) is 6.56. The van der Waals surface area contributed by atoms with Gasteiger partial charge in [0.2, 0.25) is 11.6 Å². The Labute approximate surface area is 254 Å². The normalized spacial score (nSPS) is 12.8. The Morgan fingerprint density at radius 3 is 1.59 bits per heavy atom. The fourth-order valence-corrected chi connectivity index (χ4v) is 7.27. The van der Waals surface area contributed by atoms with Crippen LogP contribution >= 0.6 is 11.3 Å². The number of nitriles is 5. The molecule has 10 heteroatoms. The van der Waals surface area contributed by atoms with Crippen LogP contribution in [0.3, 0.4) is 0 Å². The van der Waals surface area contributed by atoms with Gasteiger partial charge in [-0.25, -0.2) is 19.9 Å². The van der Waals surface area contributed by atoms with E-state index >= 15 is 0 Å². The lowest BCUT2D eigenvalue weighted by atomic mass is 9.95. The van der Waals surface area contributed by atoms with Gasteiger partial charge >= 0.3 is 0 Å². The molecule has 0 radical (unpaired) electrons. The Kier molecular flexibility index (Phi) is 5.91. The summed E-state index contributed by atoms with van der Waals surface area (Å²) in [6.07, 6.45) is 3.06. The Balaban J connectivity index is 1.49. The number of rotatable bonds is 2. The van der Waals surface area contributed by atoms with Crippen molar-refractivity contribution in [3.8, 4) is 75.1 Å². The summed E-state index contributed by atoms with van der Waals surface area (Å²) in [5, 5.41) is 48.6. The highest BCUT2D eigenvalue weighted by Gasteiger charge is 2.39. The van der Waals surface area contributed by atoms with E-state index in [2.05, 4.69) is 38.1 Å². The van der Waals surface area contributed by atoms with Crippen LogP contribution < -0.4 is 0 Å². The van der Waals surface area contributed by atoms with Gasteiger partial charge in [0, 0.05) is 61.1 Å². The molecule has 3 heterocycles. The summed E-state index contributed by atoms with van der Waals surface area (Å²) in [5.41, 5.74) is 9.66. The first kappa shape index (κ1) is 26.1. The molecule has 0 amide bonds. The average Bonchev–Trinajstić information content (AvgIpc) is 3.70. The lowest BCUT2D eigenvalue weighted by Gasteiger charge is -2.09. The summed E-state index contributed by atoms with van der Waals surface area (Å²) in [6, 6.07) is 25.4. The van der Waals surface area contributed by atoms with E-state index in [9.17, 15) is 26.3 Å². The van der Waals surface area contributed by atoms with Crippen molar-refractivity contribution in [2.45, 2.75) is 6.92 Å². The third kappa shape index (κ3) is 3.73. The largest absolute Gasteiger partial charge is 0.232 e. The topological polar surface area (TPSA) is 171 Å². The van der Waals surface area contributed by atoms with Crippen LogP contribution in [0.4, 0.5) is 0 Å². The summed E-state index contributed by atoms with van der Waals surface area (Å²) in [6.45, 7) is 1.77. The first-order chi connectivity index (χ1) is 21.5. The van der Waals surface area contributed by atoms with E-state index in [0.29, 0.717) is 22.5 Å². The summed E-state index contributed by atoms with van der Waals surface area (Å²) >= 11 is 1.45. The molecule has 2 aliphatic rings. The van der Waals surface area contributed by atoms with Crippen LogP contribution in [0.1, 0.15) is 39.5 Å². The number of nitrogens with zero attached hydrogens (tertiary/aromatic N) is 9. The van der Waals surface area contributed by atoms with Crippen molar-refractivity contribution in [2.24, 2.45) is 0 Å². The van der Waals surface area contributed by atoms with Crippen LogP contribution in [0, 0.1) is 56.7 Å². The van der Waals surface area contributed by atoms with E-state index in [1.807, 2.05) is 48.5 Å². The molecule has 200 valence electrons. The minimum Gasteiger partial charge on any atom is -0.227 e. The van der Waals surface area contributed by atoms with Crippen LogP contribution in [-0.2, 0) is 0 Å². The predicted molar refractivity (Wildman–Crippen MR) is 161 cm³/mol. The van der Waals surface area contributed by atoms with Crippen molar-refractivity contribution < 1.29 is 0 Å². The first-order valence-corrected chi connectivity index (χ1v) is 13.9. The molecule has 0 saturated carbocycles. The number of thiophene rings is 1. The van der Waals surface area contributed by atoms with Gasteiger partial charge in [0.15, 0.2) is 0 Å². The molecule has 0 spiro atoms. The SMILES string of the molecule is C/C(C#N)=C1/c2cc(-c3ccnc(C#N)n3)ccc2-c2c1sc1c2-c2ccc(-c3ccnc(C#N)n3)cc2C1=C(C#N)C#N. The summed E-state index contributed by atoms with van der Waals surface area (Å²) in [7, 11) is 0. The van der Waals surface area contributed by atoms with Gasteiger partial charge in [-0.05, 0) is 53.4 Å². The number of allylic oxidation sites excluding steroid dienone is 2. The van der Waals surface area contributed by atoms with Gasteiger partial charge in [-0.1, -0.05) is 24.3 Å². The smallest absolute Gasteiger partial charge is 0.227 e. The van der Waals surface area contributed by atoms with E-state index in [-0.39, 0.29) is 17.2 Å². The minimum absolute atomic E-state index is 0.0161. The first-order valence-electron chi connectivity index (χ1n) is 13.1. The second-order valence-electron chi connectivity index (χ2n) is 9.87. The summed E-state index contributed by atoms with van der Waals surface area (Å²) in [5.74, 6) is 0.107. The van der Waals surface area contributed by atoms with Crippen molar-refractivity contribution in [1.82, 2.24) is 19.9 Å². The van der Waals surface area contributed by atoms with Crippen LogP contribution in [0.5, 0.6) is 0 Å². The molecule has 0 fully saturated rings. The fourth-order valence-electron chi connectivity index (χ4n) is 5.76. The zero-order chi connectivity index (χ0) is 30.5. The Morgan fingerprint density at radius 1 is 0.614 bits per heavy atom. The number of fused-ring (bicyclic) bond motifs is 7. The highest BCUT2D eigenvalue weighted by Crippen LogP contribution is 2.61. The van der Waals surface area contributed by atoms with Gasteiger partial charge in [-0.2, -0.15) is 26.3 Å². The molecule has 0 unspecified atom stereocenters. The number of hydrogen-bond donors (Lipinski definition) is 0. The molecule has 3 aromatic heterocycles. The molecule has 0 saturated heterocycles. The molecule has 0 N–H and O–H groups in total. The standard InChI is InChI=1S/C34H13N9S/c1-17(12-35)29-23-10-18(25-6-8-40-27(15-38)42-25)2-4-21(23)31-32-22-5-3-19(26-7-9-41-28(16-39)43-26)11-24(22)30(20(13-36)14-37)34(32)44-33(29)31/h2-11H,1H3/b29-17+. The molecule has 0 atom stereocenters. The molecule has 0 bridgehead atoms. The molecule has 2 aromatic carbocycles. The number of benzene rings is 2. The minimum atomic E-state index is -0.0161. The Bertz CT molecular complexity index is 2400. The molecule has 0 aliphatic heterocycles. The zero-order valence-electron chi connectivity index (χ0n) is 22.7. The van der Waals surface area contributed by atoms with Gasteiger partial charge in [-0.15, -0.1) is 11.3 Å². The highest BCUT2D eigenvalue weighted by atomic mass is 32.1. The maximum absolute atomic E-state index is 10.0. The number of hydrogen-bond acceptors (Lipinski definition) is 10. The molecular weight excluding hydrogens is 567 g/mol. The maximum atomic E-state index is 10.0. The Hall–Kier alpha value is -6.77. The lowest BCUT2D eigenvalue weighted by molar-refractivity contribution is 1.12. The number of aromatic nitrogens is 4. The van der Waals surface area contributed by atoms with Gasteiger partial charge < -0.3 is 0 Å². The average molecular weight is 580 g/mol. The third-order valence-electron chi connectivity index (χ3n) is 7.60. The lowest BCUT2D eigenvalue weighted by Crippen LogP contribution is -1.93. The van der Waals surface area contributed by atoms with E-state index in [0.717, 1.165) is 59.8 Å². The molecule has 7 rings (SSSR count). The van der Waals surface area contributed by atoms with Crippen molar-refractivity contribution >= 4 is 22.5 Å². The molecule has 44 heavy (non-hydrogen) atoms. The molecule has 9 nitrogen and oxygen atoms in total. The molecular formula is C34H13N9S. The quantitative estimate of drug-likeness (QED) is 0.206. The van der Waals surface area contributed by atoms with Crippen molar-refractivity contribution in [2.75, 3.05) is 0 Å². The summed E-state index contributed by atoms with van der Waals surface area (Å²) < 4.78 is 0. The van der Waals surface area contributed by atoms with Gasteiger partial charge in [0.25, 0.3) is 0 Å². The van der Waals surface area contributed by atoms with Crippen molar-refractivity contribution in [3.05, 3.63) is 105 Å². The van der Waals surface area contributed by atoms with Crippen LogP contribution in [0.2, 0.25) is 0 Å². The third-order valence-corrected chi connectivity index (χ3v) is 8.82. The van der Waals surface area contributed by atoms with E-state index in [1.54, 1.807) is 25.3 Å². The van der Waals surface area contributed by atoms with Crippen LogP contribution in [0.25, 0.3) is 55.9 Å². The van der Waals surface area contributed by atoms with Crippen LogP contribution in [-0.4, -0.2) is 19.9 Å². The highest BCUT2D eigenvalue weighted by molar-refractivity contribution is 7.16. The van der Waals surface area contributed by atoms with Crippen LogP contribution in [0.15, 0.2) is 72.1 Å². The van der Waals surface area contributed by atoms with Crippen molar-refractivity contribution in [3.63, 3.8) is 0 Å². The monoisotopic (exact) mass is 579 g/mol. The van der Waals surface area contributed by atoms with Gasteiger partial charge in [-0.3, -0.25) is 0 Å². The fraction of sp³-hybridized carbons (Fsp3) is 0.0294. The van der Waals surface area contributed by atoms with E-state index in [1.165, 1.54) is 17.5 Å². The van der Waals surface area contributed by atoms with E-state index in [4.69, 9.17) is 0 Å².